The van der Waals surface area contributed by atoms with Crippen molar-refractivity contribution in [2.45, 2.75) is 4.90 Å². The van der Waals surface area contributed by atoms with Crippen LogP contribution in [0.3, 0.4) is 0 Å². The monoisotopic (exact) mass is 264 g/mol. The molecule has 4 nitrogen and oxygen atoms in total. The third kappa shape index (κ3) is 3.00. The SMILES string of the molecule is O=S(=O)([O-])c1ccc(Cl)c(Cl)c1O.[Na+]. The molecule has 1 aromatic rings. The average Bonchev–Trinajstić information content (AvgIpc) is 1.98. The van der Waals surface area contributed by atoms with Crippen LogP contribution in [0.25, 0.3) is 0 Å². The summed E-state index contributed by atoms with van der Waals surface area (Å²) in [6.45, 7) is 0. The van der Waals surface area contributed by atoms with E-state index in [-0.39, 0.29) is 39.6 Å². The standard InChI is InChI=1S/C6H4Cl2O4S.Na/c7-3-1-2-4(13(10,11)12)6(9)5(3)8;/h1-2,9H,(H,10,11,12);/q;+1/p-1. The molecule has 0 radical (unpaired) electrons. The van der Waals surface area contributed by atoms with Crippen molar-refractivity contribution in [1.82, 2.24) is 0 Å². The van der Waals surface area contributed by atoms with Crippen LogP contribution in [-0.4, -0.2) is 18.1 Å². The van der Waals surface area contributed by atoms with Crippen molar-refractivity contribution in [3.63, 3.8) is 0 Å². The summed E-state index contributed by atoms with van der Waals surface area (Å²) in [7, 11) is -4.72. The van der Waals surface area contributed by atoms with Gasteiger partial charge in [0.2, 0.25) is 0 Å². The number of rotatable bonds is 1. The molecular weight excluding hydrogens is 262 g/mol. The Morgan fingerprint density at radius 2 is 1.79 bits per heavy atom. The fourth-order valence-electron chi connectivity index (χ4n) is 0.724. The minimum atomic E-state index is -4.72. The molecular formula is C6H3Cl2NaO4S. The van der Waals surface area contributed by atoms with E-state index < -0.39 is 20.8 Å². The molecule has 8 heteroatoms. The van der Waals surface area contributed by atoms with Crippen LogP contribution >= 0.6 is 23.2 Å². The van der Waals surface area contributed by atoms with Crippen LogP contribution in [0.2, 0.25) is 10.0 Å². The minimum Gasteiger partial charge on any atom is -0.744 e. The van der Waals surface area contributed by atoms with Crippen molar-refractivity contribution < 1.29 is 47.6 Å². The summed E-state index contributed by atoms with van der Waals surface area (Å²) in [5.74, 6) is -0.816. The molecule has 0 saturated heterocycles. The van der Waals surface area contributed by atoms with E-state index in [0.29, 0.717) is 0 Å². The van der Waals surface area contributed by atoms with Gasteiger partial charge in [-0.3, -0.25) is 0 Å². The zero-order valence-electron chi connectivity index (χ0n) is 6.99. The van der Waals surface area contributed by atoms with E-state index in [1.165, 1.54) is 0 Å². The molecule has 1 aromatic carbocycles. The quantitative estimate of drug-likeness (QED) is 0.501. The predicted molar refractivity (Wildman–Crippen MR) is 46.1 cm³/mol. The molecule has 1 rings (SSSR count). The summed E-state index contributed by atoms with van der Waals surface area (Å²) in [5, 5.41) is 8.75. The molecule has 0 heterocycles. The van der Waals surface area contributed by atoms with E-state index in [1.54, 1.807) is 0 Å². The summed E-state index contributed by atoms with van der Waals surface area (Å²) >= 11 is 10.9. The van der Waals surface area contributed by atoms with E-state index in [0.717, 1.165) is 12.1 Å². The number of benzene rings is 1. The van der Waals surface area contributed by atoms with Crippen molar-refractivity contribution in [2.75, 3.05) is 0 Å². The van der Waals surface area contributed by atoms with Gasteiger partial charge in [0.1, 0.15) is 15.1 Å². The fraction of sp³-hybridized carbons (Fsp3) is 0. The molecule has 0 bridgehead atoms. The Morgan fingerprint density at radius 1 is 1.29 bits per heavy atom. The van der Waals surface area contributed by atoms with Crippen molar-refractivity contribution >= 4 is 33.3 Å². The van der Waals surface area contributed by atoms with Crippen LogP contribution in [0.15, 0.2) is 17.0 Å². The number of hydrogen-bond donors (Lipinski definition) is 1. The fourth-order valence-corrected chi connectivity index (χ4v) is 1.67. The first kappa shape index (κ1) is 14.5. The number of hydrogen-bond acceptors (Lipinski definition) is 4. The van der Waals surface area contributed by atoms with Gasteiger partial charge in [-0.25, -0.2) is 8.42 Å². The zero-order chi connectivity index (χ0) is 10.2. The van der Waals surface area contributed by atoms with Crippen LogP contribution < -0.4 is 29.6 Å². The third-order valence-electron chi connectivity index (χ3n) is 1.30. The van der Waals surface area contributed by atoms with Gasteiger partial charge in [0.05, 0.1) is 9.92 Å². The second-order valence-corrected chi connectivity index (χ2v) is 4.30. The van der Waals surface area contributed by atoms with Crippen molar-refractivity contribution in [3.8, 4) is 5.75 Å². The Morgan fingerprint density at radius 3 is 2.21 bits per heavy atom. The van der Waals surface area contributed by atoms with E-state index >= 15 is 0 Å². The van der Waals surface area contributed by atoms with Crippen LogP contribution in [0.4, 0.5) is 0 Å². The largest absolute Gasteiger partial charge is 1.00 e. The predicted octanol–water partition coefficient (Wildman–Crippen LogP) is -1.39. The molecule has 1 N–H and O–H groups in total. The van der Waals surface area contributed by atoms with Gasteiger partial charge in [0, 0.05) is 0 Å². The average molecular weight is 265 g/mol. The van der Waals surface area contributed by atoms with Crippen LogP contribution in [0.1, 0.15) is 0 Å². The molecule has 0 fully saturated rings. The van der Waals surface area contributed by atoms with E-state index in [9.17, 15) is 13.0 Å². The third-order valence-corrected chi connectivity index (χ3v) is 2.96. The van der Waals surface area contributed by atoms with Gasteiger partial charge < -0.3 is 9.66 Å². The molecule has 0 aliphatic rings. The number of phenols is 1. The van der Waals surface area contributed by atoms with Gasteiger partial charge in [0.25, 0.3) is 0 Å². The van der Waals surface area contributed by atoms with Gasteiger partial charge in [-0.2, -0.15) is 0 Å². The normalized spacial score (nSPS) is 10.8. The Labute approximate surface area is 113 Å². The van der Waals surface area contributed by atoms with E-state index in [4.69, 9.17) is 28.3 Å². The molecule has 14 heavy (non-hydrogen) atoms. The summed E-state index contributed by atoms with van der Waals surface area (Å²) in [6.07, 6.45) is 0. The second-order valence-electron chi connectivity index (χ2n) is 2.16. The van der Waals surface area contributed by atoms with Crippen molar-refractivity contribution in [3.05, 3.63) is 22.2 Å². The Kier molecular flexibility index (Phi) is 5.21. The van der Waals surface area contributed by atoms with Gasteiger partial charge in [-0.1, -0.05) is 23.2 Å². The molecule has 72 valence electrons. The Balaban J connectivity index is 0.00000169. The number of phenolic OH excluding ortho intramolecular Hbond substituents is 1. The molecule has 0 unspecified atom stereocenters. The molecule has 0 amide bonds. The summed E-state index contributed by atoms with van der Waals surface area (Å²) in [5.41, 5.74) is 0. The van der Waals surface area contributed by atoms with Crippen LogP contribution in [0, 0.1) is 0 Å². The second kappa shape index (κ2) is 5.03. The maximum absolute atomic E-state index is 10.5. The van der Waals surface area contributed by atoms with Gasteiger partial charge in [-0.05, 0) is 12.1 Å². The number of halogens is 2. The molecule has 0 aromatic heterocycles. The maximum atomic E-state index is 10.5. The van der Waals surface area contributed by atoms with Gasteiger partial charge in [-0.15, -0.1) is 0 Å². The van der Waals surface area contributed by atoms with Gasteiger partial charge in [0.15, 0.2) is 5.75 Å². The van der Waals surface area contributed by atoms with E-state index in [1.807, 2.05) is 0 Å². The van der Waals surface area contributed by atoms with Crippen LogP contribution in [-0.2, 0) is 10.1 Å². The molecule has 0 aliphatic carbocycles. The minimum absolute atomic E-state index is 0. The molecule has 0 saturated carbocycles. The molecule has 0 spiro atoms. The van der Waals surface area contributed by atoms with Crippen LogP contribution in [0.5, 0.6) is 5.75 Å². The van der Waals surface area contributed by atoms with Crippen molar-refractivity contribution in [1.29, 1.82) is 0 Å². The first-order valence-electron chi connectivity index (χ1n) is 2.97. The Hall–Kier alpha value is 0.510. The number of aromatic hydroxyl groups is 1. The van der Waals surface area contributed by atoms with E-state index in [2.05, 4.69) is 0 Å². The summed E-state index contributed by atoms with van der Waals surface area (Å²) in [6, 6.07) is 2.01. The molecule has 0 aliphatic heterocycles. The zero-order valence-corrected chi connectivity index (χ0v) is 11.3. The smallest absolute Gasteiger partial charge is 0.744 e. The first-order chi connectivity index (χ1) is 5.84. The first-order valence-corrected chi connectivity index (χ1v) is 5.13. The van der Waals surface area contributed by atoms with Crippen molar-refractivity contribution in [2.24, 2.45) is 0 Å². The molecule has 0 atom stereocenters. The van der Waals surface area contributed by atoms with Gasteiger partial charge >= 0.3 is 29.6 Å². The topological polar surface area (TPSA) is 77.4 Å². The summed E-state index contributed by atoms with van der Waals surface area (Å²) in [4.78, 5) is -0.776. The maximum Gasteiger partial charge on any atom is 1.00 e. The Bertz CT molecular complexity index is 445. The summed E-state index contributed by atoms with van der Waals surface area (Å²) < 4.78 is 31.5.